The van der Waals surface area contributed by atoms with Crippen molar-refractivity contribution in [3.63, 3.8) is 0 Å². The molecule has 1 heterocycles. The van der Waals surface area contributed by atoms with E-state index in [1.807, 2.05) is 12.1 Å². The first-order valence-electron chi connectivity index (χ1n) is 5.59. The lowest BCUT2D eigenvalue weighted by atomic mass is 10.1. The van der Waals surface area contributed by atoms with Crippen molar-refractivity contribution in [2.45, 2.75) is 6.42 Å². The summed E-state index contributed by atoms with van der Waals surface area (Å²) in [6.07, 6.45) is 0.869. The van der Waals surface area contributed by atoms with Gasteiger partial charge >= 0.3 is 0 Å². The minimum atomic E-state index is 0.634. The van der Waals surface area contributed by atoms with E-state index in [1.165, 1.54) is 4.88 Å². The molecule has 0 saturated carbocycles. The van der Waals surface area contributed by atoms with Gasteiger partial charge in [0.15, 0.2) is 11.5 Å². The van der Waals surface area contributed by atoms with E-state index in [9.17, 15) is 0 Å². The number of hydrogen-bond acceptors (Lipinski definition) is 4. The van der Waals surface area contributed by atoms with Gasteiger partial charge in [-0.1, -0.05) is 6.07 Å². The normalized spacial score (nSPS) is 10.2. The summed E-state index contributed by atoms with van der Waals surface area (Å²) >= 11 is 1.74. The zero-order chi connectivity index (χ0) is 13.0. The zero-order valence-corrected chi connectivity index (χ0v) is 11.5. The van der Waals surface area contributed by atoms with Crippen LogP contribution in [0.3, 0.4) is 0 Å². The van der Waals surface area contributed by atoms with Gasteiger partial charge in [0.25, 0.3) is 0 Å². The molecular formula is C14H16O3S. The molecule has 0 fully saturated rings. The number of benzene rings is 1. The third kappa shape index (κ3) is 2.59. The quantitative estimate of drug-likeness (QED) is 0.828. The fraction of sp³-hybridized carbons (Fsp3) is 0.286. The molecule has 0 amide bonds. The van der Waals surface area contributed by atoms with Crippen molar-refractivity contribution in [1.82, 2.24) is 0 Å². The molecule has 0 atom stereocenters. The second kappa shape index (κ2) is 5.78. The first-order chi connectivity index (χ1) is 8.78. The van der Waals surface area contributed by atoms with Crippen molar-refractivity contribution in [1.29, 1.82) is 0 Å². The second-order valence-corrected chi connectivity index (χ2v) is 4.82. The van der Waals surface area contributed by atoms with Crippen molar-refractivity contribution in [2.75, 3.05) is 21.3 Å². The topological polar surface area (TPSA) is 27.7 Å². The highest BCUT2D eigenvalue weighted by Crippen LogP contribution is 2.38. The third-order valence-corrected chi connectivity index (χ3v) is 3.56. The Morgan fingerprint density at radius 1 is 1.00 bits per heavy atom. The van der Waals surface area contributed by atoms with Gasteiger partial charge < -0.3 is 14.2 Å². The smallest absolute Gasteiger partial charge is 0.203 e. The SMILES string of the molecule is COc1cc(Cc2cccs2)cc(OC)c1OC. The molecule has 0 saturated heterocycles. The Morgan fingerprint density at radius 2 is 1.67 bits per heavy atom. The minimum absolute atomic E-state index is 0.634. The maximum Gasteiger partial charge on any atom is 0.203 e. The molecule has 0 spiro atoms. The molecule has 1 aromatic heterocycles. The summed E-state index contributed by atoms with van der Waals surface area (Å²) in [7, 11) is 4.87. The Labute approximate surface area is 111 Å². The highest BCUT2D eigenvalue weighted by Gasteiger charge is 2.13. The van der Waals surface area contributed by atoms with Gasteiger partial charge in [-0.05, 0) is 29.1 Å². The van der Waals surface area contributed by atoms with Gasteiger partial charge in [-0.2, -0.15) is 0 Å². The molecule has 0 unspecified atom stereocenters. The molecule has 3 nitrogen and oxygen atoms in total. The van der Waals surface area contributed by atoms with E-state index in [-0.39, 0.29) is 0 Å². The zero-order valence-electron chi connectivity index (χ0n) is 10.7. The van der Waals surface area contributed by atoms with Crippen LogP contribution < -0.4 is 14.2 Å². The predicted octanol–water partition coefficient (Wildman–Crippen LogP) is 3.36. The highest BCUT2D eigenvalue weighted by molar-refractivity contribution is 7.09. The second-order valence-electron chi connectivity index (χ2n) is 3.79. The number of hydrogen-bond donors (Lipinski definition) is 0. The van der Waals surface area contributed by atoms with Gasteiger partial charge in [0.05, 0.1) is 21.3 Å². The fourth-order valence-electron chi connectivity index (χ4n) is 1.85. The summed E-state index contributed by atoms with van der Waals surface area (Å²) in [5.41, 5.74) is 1.15. The van der Waals surface area contributed by atoms with Crippen molar-refractivity contribution < 1.29 is 14.2 Å². The summed E-state index contributed by atoms with van der Waals surface area (Å²) in [5.74, 6) is 2.03. The highest BCUT2D eigenvalue weighted by atomic mass is 32.1. The van der Waals surface area contributed by atoms with Crippen LogP contribution in [0.5, 0.6) is 17.2 Å². The van der Waals surface area contributed by atoms with Crippen LogP contribution in [0.15, 0.2) is 29.6 Å². The number of thiophene rings is 1. The summed E-state index contributed by atoms with van der Waals surface area (Å²) in [4.78, 5) is 1.31. The molecule has 0 aliphatic heterocycles. The molecule has 18 heavy (non-hydrogen) atoms. The third-order valence-electron chi connectivity index (χ3n) is 2.68. The van der Waals surface area contributed by atoms with E-state index in [1.54, 1.807) is 32.7 Å². The van der Waals surface area contributed by atoms with E-state index in [4.69, 9.17) is 14.2 Å². The summed E-state index contributed by atoms with van der Waals surface area (Å²) < 4.78 is 16.0. The summed E-state index contributed by atoms with van der Waals surface area (Å²) in [5, 5.41) is 2.08. The first kappa shape index (κ1) is 12.8. The number of methoxy groups -OCH3 is 3. The van der Waals surface area contributed by atoms with Crippen molar-refractivity contribution >= 4 is 11.3 Å². The Kier molecular flexibility index (Phi) is 4.10. The van der Waals surface area contributed by atoms with Crippen LogP contribution in [-0.4, -0.2) is 21.3 Å². The predicted molar refractivity (Wildman–Crippen MR) is 73.2 cm³/mol. The first-order valence-corrected chi connectivity index (χ1v) is 6.47. The Bertz CT molecular complexity index is 481. The number of rotatable bonds is 5. The minimum Gasteiger partial charge on any atom is -0.493 e. The largest absolute Gasteiger partial charge is 0.493 e. The van der Waals surface area contributed by atoms with E-state index in [0.29, 0.717) is 17.2 Å². The lowest BCUT2D eigenvalue weighted by molar-refractivity contribution is 0.324. The van der Waals surface area contributed by atoms with Crippen molar-refractivity contribution in [3.05, 3.63) is 40.1 Å². The molecule has 0 aliphatic rings. The summed E-state index contributed by atoms with van der Waals surface area (Å²) in [6, 6.07) is 8.15. The van der Waals surface area contributed by atoms with Gasteiger partial charge in [-0.15, -0.1) is 11.3 Å². The molecular weight excluding hydrogens is 248 g/mol. The van der Waals surface area contributed by atoms with Crippen LogP contribution >= 0.6 is 11.3 Å². The molecule has 2 rings (SSSR count). The fourth-order valence-corrected chi connectivity index (χ4v) is 2.59. The van der Waals surface area contributed by atoms with E-state index >= 15 is 0 Å². The van der Waals surface area contributed by atoms with Gasteiger partial charge in [0, 0.05) is 11.3 Å². The standard InChI is InChI=1S/C14H16O3S/c1-15-12-8-10(7-11-5-4-6-18-11)9-13(16-2)14(12)17-3/h4-6,8-9H,7H2,1-3H3. The van der Waals surface area contributed by atoms with E-state index in [2.05, 4.69) is 17.5 Å². The Morgan fingerprint density at radius 3 is 2.11 bits per heavy atom. The van der Waals surface area contributed by atoms with Crippen molar-refractivity contribution in [2.24, 2.45) is 0 Å². The molecule has 0 N–H and O–H groups in total. The average Bonchev–Trinajstić information content (AvgIpc) is 2.90. The van der Waals surface area contributed by atoms with E-state index < -0.39 is 0 Å². The monoisotopic (exact) mass is 264 g/mol. The van der Waals surface area contributed by atoms with Crippen LogP contribution in [-0.2, 0) is 6.42 Å². The van der Waals surface area contributed by atoms with Gasteiger partial charge in [0.2, 0.25) is 5.75 Å². The molecule has 2 aromatic rings. The molecule has 96 valence electrons. The Hall–Kier alpha value is -1.68. The van der Waals surface area contributed by atoms with Gasteiger partial charge in [-0.25, -0.2) is 0 Å². The number of ether oxygens (including phenoxy) is 3. The maximum atomic E-state index is 5.34. The molecule has 1 aromatic carbocycles. The maximum absolute atomic E-state index is 5.34. The van der Waals surface area contributed by atoms with Crippen molar-refractivity contribution in [3.8, 4) is 17.2 Å². The van der Waals surface area contributed by atoms with Crippen LogP contribution in [0, 0.1) is 0 Å². The van der Waals surface area contributed by atoms with E-state index in [0.717, 1.165) is 12.0 Å². The van der Waals surface area contributed by atoms with Gasteiger partial charge in [-0.3, -0.25) is 0 Å². The van der Waals surface area contributed by atoms with Crippen LogP contribution in [0.2, 0.25) is 0 Å². The van der Waals surface area contributed by atoms with Crippen LogP contribution in [0.1, 0.15) is 10.4 Å². The average molecular weight is 264 g/mol. The molecule has 0 bridgehead atoms. The molecule has 0 radical (unpaired) electrons. The van der Waals surface area contributed by atoms with Crippen LogP contribution in [0.25, 0.3) is 0 Å². The lowest BCUT2D eigenvalue weighted by Gasteiger charge is -2.13. The Balaban J connectivity index is 2.37. The molecule has 4 heteroatoms. The van der Waals surface area contributed by atoms with Gasteiger partial charge in [0.1, 0.15) is 0 Å². The van der Waals surface area contributed by atoms with Crippen LogP contribution in [0.4, 0.5) is 0 Å². The summed E-state index contributed by atoms with van der Waals surface area (Å²) in [6.45, 7) is 0. The molecule has 0 aliphatic carbocycles. The lowest BCUT2D eigenvalue weighted by Crippen LogP contribution is -1.97.